The molecule has 1 fully saturated rings. The first-order valence-electron chi connectivity index (χ1n) is 7.22. The van der Waals surface area contributed by atoms with Crippen molar-refractivity contribution in [2.24, 2.45) is 5.92 Å². The van der Waals surface area contributed by atoms with Gasteiger partial charge in [0.15, 0.2) is 9.84 Å². The molecule has 1 saturated heterocycles. The molecule has 1 aliphatic rings. The maximum absolute atomic E-state index is 11.9. The summed E-state index contributed by atoms with van der Waals surface area (Å²) in [5.74, 6) is -0.342. The lowest BCUT2D eigenvalue weighted by atomic mass is 10.1. The van der Waals surface area contributed by atoms with Gasteiger partial charge in [0.25, 0.3) is 0 Å². The molecule has 1 heterocycles. The van der Waals surface area contributed by atoms with Crippen LogP contribution >= 0.6 is 0 Å². The molecule has 1 atom stereocenters. The number of hydrogen-bond donors (Lipinski definition) is 1. The highest BCUT2D eigenvalue weighted by Gasteiger charge is 2.32. The maximum Gasteiger partial charge on any atom is 0.224 e. The smallest absolute Gasteiger partial charge is 0.224 e. The molecule has 6 heteroatoms. The fourth-order valence-electron chi connectivity index (χ4n) is 2.49. The average molecular weight is 310 g/mol. The van der Waals surface area contributed by atoms with Crippen LogP contribution in [0.2, 0.25) is 0 Å². The summed E-state index contributed by atoms with van der Waals surface area (Å²) in [5.41, 5.74) is 1.14. The molecule has 1 amide bonds. The Morgan fingerprint density at radius 2 is 2.05 bits per heavy atom. The van der Waals surface area contributed by atoms with Crippen molar-refractivity contribution >= 4 is 21.4 Å². The summed E-state index contributed by atoms with van der Waals surface area (Å²) in [6.07, 6.45) is 1.29. The van der Waals surface area contributed by atoms with Gasteiger partial charge >= 0.3 is 0 Å². The Balaban J connectivity index is 1.67. The predicted molar refractivity (Wildman–Crippen MR) is 84.1 cm³/mol. The summed E-state index contributed by atoms with van der Waals surface area (Å²) in [5, 5.41) is 2.84. The van der Waals surface area contributed by atoms with Crippen molar-refractivity contribution in [3.05, 3.63) is 30.3 Å². The van der Waals surface area contributed by atoms with E-state index in [2.05, 4.69) is 10.2 Å². The number of hydrogen-bond acceptors (Lipinski definition) is 4. The van der Waals surface area contributed by atoms with E-state index >= 15 is 0 Å². The second-order valence-electron chi connectivity index (χ2n) is 5.50. The zero-order chi connectivity index (χ0) is 15.3. The number of nitrogens with zero attached hydrogens (tertiary/aromatic N) is 1. The Morgan fingerprint density at radius 1 is 1.33 bits per heavy atom. The molecular formula is C15H22N2O3S. The van der Waals surface area contributed by atoms with Crippen LogP contribution in [0.1, 0.15) is 12.8 Å². The lowest BCUT2D eigenvalue weighted by molar-refractivity contribution is -0.124. The second-order valence-corrected chi connectivity index (χ2v) is 7.73. The molecule has 1 unspecified atom stereocenters. The molecule has 1 N–H and O–H groups in total. The molecule has 116 valence electrons. The highest BCUT2D eigenvalue weighted by molar-refractivity contribution is 7.91. The van der Waals surface area contributed by atoms with Crippen LogP contribution < -0.4 is 10.2 Å². The Morgan fingerprint density at radius 3 is 2.67 bits per heavy atom. The number of carbonyl (C=O) groups is 1. The minimum atomic E-state index is -2.99. The number of sulfone groups is 1. The minimum Gasteiger partial charge on any atom is -0.375 e. The van der Waals surface area contributed by atoms with Crippen molar-refractivity contribution in [1.29, 1.82) is 0 Å². The fourth-order valence-corrected chi connectivity index (χ4v) is 4.23. The molecule has 1 aliphatic heterocycles. The molecule has 0 radical (unpaired) electrons. The summed E-state index contributed by atoms with van der Waals surface area (Å²) < 4.78 is 22.7. The van der Waals surface area contributed by atoms with Crippen LogP contribution in [-0.2, 0) is 14.6 Å². The largest absolute Gasteiger partial charge is 0.375 e. The third-order valence-electron chi connectivity index (χ3n) is 3.77. The number of amides is 1. The van der Waals surface area contributed by atoms with E-state index < -0.39 is 9.84 Å². The molecule has 1 aromatic rings. The lowest BCUT2D eigenvalue weighted by Crippen LogP contribution is -2.33. The van der Waals surface area contributed by atoms with Crippen LogP contribution in [0, 0.1) is 5.92 Å². The molecule has 21 heavy (non-hydrogen) atoms. The number of benzene rings is 1. The number of carbonyl (C=O) groups excluding carboxylic acids is 1. The Hall–Kier alpha value is -1.56. The molecule has 0 aromatic heterocycles. The molecule has 0 aliphatic carbocycles. The highest BCUT2D eigenvalue weighted by Crippen LogP contribution is 2.18. The fraction of sp³-hybridized carbons (Fsp3) is 0.533. The van der Waals surface area contributed by atoms with Gasteiger partial charge in [0.2, 0.25) is 5.91 Å². The Bertz CT molecular complexity index is 572. The van der Waals surface area contributed by atoms with Gasteiger partial charge in [0.05, 0.1) is 17.4 Å². The zero-order valence-electron chi connectivity index (χ0n) is 12.3. The predicted octanol–water partition coefficient (Wildman–Crippen LogP) is 1.06. The van der Waals surface area contributed by atoms with Crippen LogP contribution in [-0.4, -0.2) is 46.0 Å². The number of nitrogens with one attached hydrogen (secondary N) is 1. The number of para-hydroxylation sites is 1. The summed E-state index contributed by atoms with van der Waals surface area (Å²) in [4.78, 5) is 14.0. The van der Waals surface area contributed by atoms with E-state index in [0.717, 1.165) is 18.7 Å². The Labute approximate surface area is 126 Å². The van der Waals surface area contributed by atoms with E-state index in [1.807, 2.05) is 37.4 Å². The first kappa shape index (κ1) is 15.8. The summed E-state index contributed by atoms with van der Waals surface area (Å²) in [7, 11) is -0.975. The number of rotatable bonds is 6. The van der Waals surface area contributed by atoms with E-state index in [0.29, 0.717) is 13.0 Å². The molecule has 0 bridgehead atoms. The molecular weight excluding hydrogens is 288 g/mol. The van der Waals surface area contributed by atoms with Gasteiger partial charge in [0, 0.05) is 25.8 Å². The van der Waals surface area contributed by atoms with Crippen LogP contribution in [0.5, 0.6) is 0 Å². The van der Waals surface area contributed by atoms with Gasteiger partial charge in [-0.2, -0.15) is 0 Å². The first-order chi connectivity index (χ1) is 9.98. The van der Waals surface area contributed by atoms with Gasteiger partial charge in [-0.25, -0.2) is 8.42 Å². The van der Waals surface area contributed by atoms with Gasteiger partial charge < -0.3 is 10.2 Å². The molecule has 2 rings (SSSR count). The van der Waals surface area contributed by atoms with Gasteiger partial charge in [-0.3, -0.25) is 4.79 Å². The monoisotopic (exact) mass is 310 g/mol. The number of anilines is 1. The van der Waals surface area contributed by atoms with Crippen LogP contribution in [0.4, 0.5) is 5.69 Å². The van der Waals surface area contributed by atoms with Gasteiger partial charge in [-0.05, 0) is 25.0 Å². The van der Waals surface area contributed by atoms with E-state index in [-0.39, 0.29) is 23.3 Å². The van der Waals surface area contributed by atoms with Crippen LogP contribution in [0.3, 0.4) is 0 Å². The average Bonchev–Trinajstić information content (AvgIpc) is 2.84. The third kappa shape index (κ3) is 4.74. The standard InChI is InChI=1S/C15H22N2O3S/c1-17(14-6-3-2-4-7-14)10-5-9-16-15(18)13-8-11-21(19,20)12-13/h2-4,6-7,13H,5,8-12H2,1H3,(H,16,18). The van der Waals surface area contributed by atoms with Crippen LogP contribution in [0.15, 0.2) is 30.3 Å². The van der Waals surface area contributed by atoms with E-state index in [4.69, 9.17) is 0 Å². The SMILES string of the molecule is CN(CCCNC(=O)C1CCS(=O)(=O)C1)c1ccccc1. The quantitative estimate of drug-likeness (QED) is 0.798. The van der Waals surface area contributed by atoms with Crippen molar-refractivity contribution in [3.63, 3.8) is 0 Å². The van der Waals surface area contributed by atoms with Gasteiger partial charge in [-0.15, -0.1) is 0 Å². The first-order valence-corrected chi connectivity index (χ1v) is 9.04. The van der Waals surface area contributed by atoms with Crippen molar-refractivity contribution in [1.82, 2.24) is 5.32 Å². The van der Waals surface area contributed by atoms with Gasteiger partial charge in [0.1, 0.15) is 0 Å². The van der Waals surface area contributed by atoms with Crippen molar-refractivity contribution < 1.29 is 13.2 Å². The van der Waals surface area contributed by atoms with E-state index in [1.165, 1.54) is 0 Å². The minimum absolute atomic E-state index is 0.00273. The van der Waals surface area contributed by atoms with E-state index in [1.54, 1.807) is 0 Å². The van der Waals surface area contributed by atoms with Crippen molar-refractivity contribution in [2.45, 2.75) is 12.8 Å². The lowest BCUT2D eigenvalue weighted by Gasteiger charge is -2.19. The van der Waals surface area contributed by atoms with Crippen molar-refractivity contribution in [2.75, 3.05) is 36.5 Å². The molecule has 0 saturated carbocycles. The van der Waals surface area contributed by atoms with Crippen molar-refractivity contribution in [3.8, 4) is 0 Å². The van der Waals surface area contributed by atoms with Crippen LogP contribution in [0.25, 0.3) is 0 Å². The van der Waals surface area contributed by atoms with Gasteiger partial charge in [-0.1, -0.05) is 18.2 Å². The zero-order valence-corrected chi connectivity index (χ0v) is 13.1. The van der Waals surface area contributed by atoms with E-state index in [9.17, 15) is 13.2 Å². The maximum atomic E-state index is 11.9. The molecule has 0 spiro atoms. The highest BCUT2D eigenvalue weighted by atomic mass is 32.2. The Kier molecular flexibility index (Phi) is 5.22. The molecule has 5 nitrogen and oxygen atoms in total. The second kappa shape index (κ2) is 6.93. The third-order valence-corrected chi connectivity index (χ3v) is 5.54. The normalized spacial score (nSPS) is 20.1. The summed E-state index contributed by atoms with van der Waals surface area (Å²) in [6, 6.07) is 10.1. The summed E-state index contributed by atoms with van der Waals surface area (Å²) >= 11 is 0. The molecule has 1 aromatic carbocycles. The topological polar surface area (TPSA) is 66.5 Å². The summed E-state index contributed by atoms with van der Waals surface area (Å²) in [6.45, 7) is 1.42.